The van der Waals surface area contributed by atoms with Crippen LogP contribution in [0.4, 0.5) is 9.52 Å². The van der Waals surface area contributed by atoms with E-state index in [1.807, 2.05) is 5.38 Å². The average Bonchev–Trinajstić information content (AvgIpc) is 2.80. The maximum absolute atomic E-state index is 13.2. The SMILES string of the molecule is O=C(Cc1cccc(F)c1)Nc1nc(CN2CCCCCC2)cs1. The molecule has 4 nitrogen and oxygen atoms in total. The van der Waals surface area contributed by atoms with Gasteiger partial charge in [0.05, 0.1) is 12.1 Å². The van der Waals surface area contributed by atoms with Gasteiger partial charge >= 0.3 is 0 Å². The van der Waals surface area contributed by atoms with Crippen molar-refractivity contribution in [2.24, 2.45) is 0 Å². The second-order valence-electron chi connectivity index (χ2n) is 6.19. The number of hydrogen-bond donors (Lipinski definition) is 1. The van der Waals surface area contributed by atoms with Crippen molar-refractivity contribution in [2.45, 2.75) is 38.6 Å². The first kappa shape index (κ1) is 17.0. The molecule has 1 aliphatic heterocycles. The Kier molecular flexibility index (Phi) is 5.93. The number of halogens is 1. The fourth-order valence-electron chi connectivity index (χ4n) is 2.96. The molecule has 1 aromatic carbocycles. The minimum atomic E-state index is -0.325. The number of benzene rings is 1. The Balaban J connectivity index is 1.52. The zero-order valence-corrected chi connectivity index (χ0v) is 14.4. The van der Waals surface area contributed by atoms with Crippen molar-refractivity contribution in [1.29, 1.82) is 0 Å². The second-order valence-corrected chi connectivity index (χ2v) is 7.05. The smallest absolute Gasteiger partial charge is 0.230 e. The first-order chi connectivity index (χ1) is 11.7. The van der Waals surface area contributed by atoms with Crippen LogP contribution in [0.25, 0.3) is 0 Å². The summed E-state index contributed by atoms with van der Waals surface area (Å²) in [5.41, 5.74) is 1.66. The third-order valence-corrected chi connectivity index (χ3v) is 4.94. The van der Waals surface area contributed by atoms with Gasteiger partial charge in [-0.15, -0.1) is 11.3 Å². The summed E-state index contributed by atoms with van der Waals surface area (Å²) in [5, 5.41) is 5.42. The van der Waals surface area contributed by atoms with E-state index < -0.39 is 0 Å². The predicted molar refractivity (Wildman–Crippen MR) is 94.6 cm³/mol. The highest BCUT2D eigenvalue weighted by Gasteiger charge is 2.13. The summed E-state index contributed by atoms with van der Waals surface area (Å²) < 4.78 is 13.2. The van der Waals surface area contributed by atoms with Crippen LogP contribution in [0.2, 0.25) is 0 Å². The monoisotopic (exact) mass is 347 g/mol. The molecule has 0 unspecified atom stereocenters. The molecule has 0 spiro atoms. The van der Waals surface area contributed by atoms with Gasteiger partial charge in [0.25, 0.3) is 0 Å². The number of thiazole rings is 1. The Bertz CT molecular complexity index is 680. The molecule has 1 amide bonds. The summed E-state index contributed by atoms with van der Waals surface area (Å²) in [6, 6.07) is 6.11. The van der Waals surface area contributed by atoms with Gasteiger partial charge < -0.3 is 5.32 Å². The van der Waals surface area contributed by atoms with Crippen molar-refractivity contribution < 1.29 is 9.18 Å². The molecule has 128 valence electrons. The summed E-state index contributed by atoms with van der Waals surface area (Å²) in [7, 11) is 0. The van der Waals surface area contributed by atoms with Crippen LogP contribution in [0.5, 0.6) is 0 Å². The van der Waals surface area contributed by atoms with E-state index >= 15 is 0 Å². The largest absolute Gasteiger partial charge is 0.302 e. The zero-order chi connectivity index (χ0) is 16.8. The normalized spacial score (nSPS) is 15.9. The summed E-state index contributed by atoms with van der Waals surface area (Å²) in [6.07, 6.45) is 5.28. The van der Waals surface area contributed by atoms with Crippen LogP contribution in [-0.2, 0) is 17.8 Å². The Morgan fingerprint density at radius 3 is 2.79 bits per heavy atom. The van der Waals surface area contributed by atoms with Crippen molar-refractivity contribution >= 4 is 22.4 Å². The molecule has 1 aromatic heterocycles. The number of hydrogen-bond acceptors (Lipinski definition) is 4. The molecule has 0 bridgehead atoms. The van der Waals surface area contributed by atoms with Crippen LogP contribution < -0.4 is 5.32 Å². The number of carbonyl (C=O) groups is 1. The molecular weight excluding hydrogens is 325 g/mol. The van der Waals surface area contributed by atoms with Gasteiger partial charge in [-0.3, -0.25) is 9.69 Å². The number of nitrogens with one attached hydrogen (secondary N) is 1. The van der Waals surface area contributed by atoms with E-state index in [0.717, 1.165) is 25.3 Å². The Morgan fingerprint density at radius 2 is 2.04 bits per heavy atom. The molecule has 1 fully saturated rings. The van der Waals surface area contributed by atoms with Crippen LogP contribution in [0, 0.1) is 5.82 Å². The lowest BCUT2D eigenvalue weighted by molar-refractivity contribution is -0.115. The Hall–Kier alpha value is -1.79. The number of nitrogens with zero attached hydrogens (tertiary/aromatic N) is 2. The molecule has 2 heterocycles. The Labute approximate surface area is 145 Å². The first-order valence-corrected chi connectivity index (χ1v) is 9.28. The van der Waals surface area contributed by atoms with Gasteiger partial charge in [0.1, 0.15) is 5.82 Å². The molecule has 24 heavy (non-hydrogen) atoms. The lowest BCUT2D eigenvalue weighted by atomic mass is 10.1. The average molecular weight is 347 g/mol. The highest BCUT2D eigenvalue weighted by Crippen LogP contribution is 2.19. The maximum Gasteiger partial charge on any atom is 0.230 e. The van der Waals surface area contributed by atoms with Crippen LogP contribution in [0.15, 0.2) is 29.6 Å². The van der Waals surface area contributed by atoms with Gasteiger partial charge in [-0.25, -0.2) is 9.37 Å². The van der Waals surface area contributed by atoms with Crippen LogP contribution in [0.1, 0.15) is 36.9 Å². The Morgan fingerprint density at radius 1 is 1.25 bits per heavy atom. The van der Waals surface area contributed by atoms with Gasteiger partial charge in [-0.1, -0.05) is 25.0 Å². The van der Waals surface area contributed by atoms with E-state index in [0.29, 0.717) is 10.7 Å². The van der Waals surface area contributed by atoms with Crippen LogP contribution in [0.3, 0.4) is 0 Å². The quantitative estimate of drug-likeness (QED) is 0.894. The summed E-state index contributed by atoms with van der Waals surface area (Å²) in [5.74, 6) is -0.495. The molecule has 1 saturated heterocycles. The fourth-order valence-corrected chi connectivity index (χ4v) is 3.67. The number of rotatable bonds is 5. The first-order valence-electron chi connectivity index (χ1n) is 8.40. The lowest BCUT2D eigenvalue weighted by Crippen LogP contribution is -2.24. The number of amides is 1. The molecule has 0 atom stereocenters. The molecule has 0 radical (unpaired) electrons. The molecule has 2 aromatic rings. The van der Waals surface area contributed by atoms with Crippen molar-refractivity contribution in [3.63, 3.8) is 0 Å². The number of anilines is 1. The molecule has 0 saturated carbocycles. The highest BCUT2D eigenvalue weighted by atomic mass is 32.1. The van der Waals surface area contributed by atoms with E-state index in [1.54, 1.807) is 12.1 Å². The van der Waals surface area contributed by atoms with Crippen LogP contribution in [-0.4, -0.2) is 28.9 Å². The number of carbonyl (C=O) groups excluding carboxylic acids is 1. The summed E-state index contributed by atoms with van der Waals surface area (Å²) in [4.78, 5) is 19.0. The third-order valence-electron chi connectivity index (χ3n) is 4.14. The molecular formula is C18H22FN3OS. The standard InChI is InChI=1S/C18H22FN3OS/c19-15-7-5-6-14(10-15)11-17(23)21-18-20-16(13-24-18)12-22-8-3-1-2-4-9-22/h5-7,10,13H,1-4,8-9,11-12H2,(H,20,21,23). The lowest BCUT2D eigenvalue weighted by Gasteiger charge is -2.17. The third kappa shape index (κ3) is 5.11. The second kappa shape index (κ2) is 8.35. The van der Waals surface area contributed by atoms with Crippen molar-refractivity contribution in [3.05, 3.63) is 46.7 Å². The minimum Gasteiger partial charge on any atom is -0.302 e. The van der Waals surface area contributed by atoms with E-state index in [1.165, 1.54) is 49.2 Å². The highest BCUT2D eigenvalue weighted by molar-refractivity contribution is 7.13. The van der Waals surface area contributed by atoms with Gasteiger partial charge in [-0.2, -0.15) is 0 Å². The number of aromatic nitrogens is 1. The van der Waals surface area contributed by atoms with Crippen LogP contribution >= 0.6 is 11.3 Å². The van der Waals surface area contributed by atoms with Crippen molar-refractivity contribution in [3.8, 4) is 0 Å². The molecule has 1 N–H and O–H groups in total. The van der Waals surface area contributed by atoms with Crippen molar-refractivity contribution in [2.75, 3.05) is 18.4 Å². The fraction of sp³-hybridized carbons (Fsp3) is 0.444. The van der Waals surface area contributed by atoms with E-state index in [9.17, 15) is 9.18 Å². The van der Waals surface area contributed by atoms with Gasteiger partial charge in [-0.05, 0) is 43.6 Å². The number of likely N-dealkylation sites (tertiary alicyclic amines) is 1. The predicted octanol–water partition coefficient (Wildman–Crippen LogP) is 3.84. The van der Waals surface area contributed by atoms with E-state index in [4.69, 9.17) is 0 Å². The summed E-state index contributed by atoms with van der Waals surface area (Å²) >= 11 is 1.44. The molecule has 6 heteroatoms. The van der Waals surface area contributed by atoms with Gasteiger partial charge in [0.2, 0.25) is 5.91 Å². The topological polar surface area (TPSA) is 45.2 Å². The van der Waals surface area contributed by atoms with Gasteiger partial charge in [0.15, 0.2) is 5.13 Å². The summed E-state index contributed by atoms with van der Waals surface area (Å²) in [6.45, 7) is 3.09. The maximum atomic E-state index is 13.2. The molecule has 3 rings (SSSR count). The molecule has 1 aliphatic rings. The van der Waals surface area contributed by atoms with E-state index in [2.05, 4.69) is 15.2 Å². The van der Waals surface area contributed by atoms with E-state index in [-0.39, 0.29) is 18.1 Å². The van der Waals surface area contributed by atoms with Gasteiger partial charge in [0, 0.05) is 11.9 Å². The van der Waals surface area contributed by atoms with Crippen molar-refractivity contribution in [1.82, 2.24) is 9.88 Å². The minimum absolute atomic E-state index is 0.152. The zero-order valence-electron chi connectivity index (χ0n) is 13.6. The molecule has 0 aliphatic carbocycles.